The fourth-order valence-corrected chi connectivity index (χ4v) is 2.52. The lowest BCUT2D eigenvalue weighted by molar-refractivity contribution is 0.0401. The molecule has 0 spiro atoms. The molecule has 0 N–H and O–H groups in total. The first-order valence-electron chi connectivity index (χ1n) is 5.37. The van der Waals surface area contributed by atoms with E-state index in [2.05, 4.69) is 18.2 Å². The molecule has 1 amide bonds. The number of carbonyl (C=O) groups is 1. The van der Waals surface area contributed by atoms with Gasteiger partial charge in [0.05, 0.1) is 12.6 Å². The molecule has 1 aromatic rings. The fourth-order valence-electron chi connectivity index (χ4n) is 2.52. The molecule has 1 fully saturated rings. The van der Waals surface area contributed by atoms with E-state index in [1.54, 1.807) is 0 Å². The molecule has 1 aromatic carbocycles. The zero-order valence-corrected chi connectivity index (χ0v) is 8.48. The molecule has 0 saturated carbocycles. The van der Waals surface area contributed by atoms with Crippen molar-refractivity contribution >= 4 is 6.09 Å². The van der Waals surface area contributed by atoms with Gasteiger partial charge in [-0.3, -0.25) is 0 Å². The second kappa shape index (κ2) is 3.26. The summed E-state index contributed by atoms with van der Waals surface area (Å²) in [5.41, 5.74) is 2.69. The summed E-state index contributed by atoms with van der Waals surface area (Å²) < 4.78 is 5.05. The molecule has 3 nitrogen and oxygen atoms in total. The summed E-state index contributed by atoms with van der Waals surface area (Å²) in [6, 6.07) is 8.64. The molecule has 1 atom stereocenters. The first kappa shape index (κ1) is 8.77. The Morgan fingerprint density at radius 2 is 2.20 bits per heavy atom. The number of benzene rings is 1. The number of nitrogens with zero attached hydrogens (tertiary/aromatic N) is 1. The summed E-state index contributed by atoms with van der Waals surface area (Å²) in [7, 11) is 0. The molecule has 15 heavy (non-hydrogen) atoms. The van der Waals surface area contributed by atoms with E-state index in [1.165, 1.54) is 11.1 Å². The number of carbonyl (C=O) groups excluding carboxylic acids is 1. The van der Waals surface area contributed by atoms with Gasteiger partial charge in [0.2, 0.25) is 0 Å². The Labute approximate surface area is 88.6 Å². The van der Waals surface area contributed by atoms with Gasteiger partial charge in [0.25, 0.3) is 0 Å². The van der Waals surface area contributed by atoms with Crippen LogP contribution in [-0.2, 0) is 11.2 Å². The van der Waals surface area contributed by atoms with Crippen LogP contribution in [0.4, 0.5) is 4.79 Å². The summed E-state index contributed by atoms with van der Waals surface area (Å²) in [4.78, 5) is 13.4. The van der Waals surface area contributed by atoms with Crippen LogP contribution in [0.15, 0.2) is 24.3 Å². The van der Waals surface area contributed by atoms with E-state index >= 15 is 0 Å². The number of fused-ring (bicyclic) bond motifs is 3. The molecule has 1 saturated heterocycles. The molecule has 3 rings (SSSR count). The van der Waals surface area contributed by atoms with Crippen molar-refractivity contribution in [3.63, 3.8) is 0 Å². The smallest absolute Gasteiger partial charge is 0.410 e. The van der Waals surface area contributed by atoms with Gasteiger partial charge in [-0.2, -0.15) is 0 Å². The van der Waals surface area contributed by atoms with Crippen LogP contribution in [0, 0.1) is 0 Å². The van der Waals surface area contributed by atoms with Crippen LogP contribution in [0.5, 0.6) is 0 Å². The number of hydrogen-bond donors (Lipinski definition) is 0. The molecule has 0 aliphatic carbocycles. The average Bonchev–Trinajstić information content (AvgIpc) is 2.29. The minimum atomic E-state index is -0.152. The highest BCUT2D eigenvalue weighted by Gasteiger charge is 2.34. The van der Waals surface area contributed by atoms with Gasteiger partial charge in [0.1, 0.15) is 0 Å². The second-order valence-corrected chi connectivity index (χ2v) is 4.06. The van der Waals surface area contributed by atoms with Crippen LogP contribution >= 0.6 is 0 Å². The Morgan fingerprint density at radius 3 is 3.13 bits per heavy atom. The summed E-state index contributed by atoms with van der Waals surface area (Å²) in [5, 5.41) is 0. The standard InChI is InChI=1S/C12H13NO2/c14-12-13-7-5-9-3-1-2-4-10(9)11(13)6-8-15-12/h1-4,11H,5-8H2. The number of hydrogen-bond acceptors (Lipinski definition) is 2. The lowest BCUT2D eigenvalue weighted by Gasteiger charge is -2.39. The van der Waals surface area contributed by atoms with Gasteiger partial charge in [-0.15, -0.1) is 0 Å². The minimum absolute atomic E-state index is 0.152. The number of ether oxygens (including phenoxy) is 1. The Morgan fingerprint density at radius 1 is 1.33 bits per heavy atom. The highest BCUT2D eigenvalue weighted by atomic mass is 16.6. The van der Waals surface area contributed by atoms with Gasteiger partial charge >= 0.3 is 6.09 Å². The zero-order chi connectivity index (χ0) is 10.3. The minimum Gasteiger partial charge on any atom is -0.449 e. The van der Waals surface area contributed by atoms with Crippen molar-refractivity contribution in [3.8, 4) is 0 Å². The SMILES string of the molecule is O=C1OCCC2c3ccccc3CCN12. The third-order valence-electron chi connectivity index (χ3n) is 3.26. The van der Waals surface area contributed by atoms with Gasteiger partial charge < -0.3 is 9.64 Å². The van der Waals surface area contributed by atoms with Crippen LogP contribution in [0.1, 0.15) is 23.6 Å². The predicted molar refractivity (Wildman–Crippen MR) is 55.6 cm³/mol. The average molecular weight is 203 g/mol. The molecular weight excluding hydrogens is 190 g/mol. The van der Waals surface area contributed by atoms with Crippen LogP contribution in [0.25, 0.3) is 0 Å². The number of cyclic esters (lactones) is 1. The largest absolute Gasteiger partial charge is 0.449 e. The lowest BCUT2D eigenvalue weighted by Crippen LogP contribution is -2.44. The highest BCUT2D eigenvalue weighted by Crippen LogP contribution is 2.34. The Balaban J connectivity index is 2.02. The van der Waals surface area contributed by atoms with Crippen molar-refractivity contribution in [3.05, 3.63) is 35.4 Å². The predicted octanol–water partition coefficient (Wildman–Crippen LogP) is 2.13. The highest BCUT2D eigenvalue weighted by molar-refractivity contribution is 5.69. The molecule has 78 valence electrons. The van der Waals surface area contributed by atoms with E-state index in [9.17, 15) is 4.79 Å². The van der Waals surface area contributed by atoms with Crippen molar-refractivity contribution in [2.24, 2.45) is 0 Å². The van der Waals surface area contributed by atoms with Gasteiger partial charge in [-0.25, -0.2) is 4.79 Å². The van der Waals surface area contributed by atoms with Crippen LogP contribution in [-0.4, -0.2) is 24.1 Å². The molecule has 1 unspecified atom stereocenters. The summed E-state index contributed by atoms with van der Waals surface area (Å²) in [6.07, 6.45) is 1.71. The third-order valence-corrected chi connectivity index (χ3v) is 3.26. The fraction of sp³-hybridized carbons (Fsp3) is 0.417. The van der Waals surface area contributed by atoms with Crippen molar-refractivity contribution in [1.82, 2.24) is 4.90 Å². The topological polar surface area (TPSA) is 29.5 Å². The van der Waals surface area contributed by atoms with Gasteiger partial charge in [0.15, 0.2) is 0 Å². The maximum absolute atomic E-state index is 11.5. The summed E-state index contributed by atoms with van der Waals surface area (Å²) in [6.45, 7) is 1.34. The Kier molecular flexibility index (Phi) is 1.91. The van der Waals surface area contributed by atoms with Gasteiger partial charge in [-0.05, 0) is 17.5 Å². The van der Waals surface area contributed by atoms with Gasteiger partial charge in [0, 0.05) is 13.0 Å². The Bertz CT molecular complexity index is 402. The van der Waals surface area contributed by atoms with Crippen molar-refractivity contribution in [2.45, 2.75) is 18.9 Å². The van der Waals surface area contributed by atoms with E-state index in [1.807, 2.05) is 11.0 Å². The lowest BCUT2D eigenvalue weighted by atomic mass is 9.91. The first-order chi connectivity index (χ1) is 7.36. The quantitative estimate of drug-likeness (QED) is 0.646. The van der Waals surface area contributed by atoms with E-state index in [4.69, 9.17) is 4.74 Å². The summed E-state index contributed by atoms with van der Waals surface area (Å²) in [5.74, 6) is 0. The normalized spacial score (nSPS) is 24.1. The van der Waals surface area contributed by atoms with E-state index < -0.39 is 0 Å². The van der Waals surface area contributed by atoms with E-state index in [-0.39, 0.29) is 12.1 Å². The molecule has 3 heteroatoms. The molecule has 2 heterocycles. The Hall–Kier alpha value is -1.51. The van der Waals surface area contributed by atoms with E-state index in [0.29, 0.717) is 6.61 Å². The number of rotatable bonds is 0. The van der Waals surface area contributed by atoms with Crippen molar-refractivity contribution in [2.75, 3.05) is 13.2 Å². The molecule has 2 aliphatic heterocycles. The maximum atomic E-state index is 11.5. The van der Waals surface area contributed by atoms with Crippen LogP contribution in [0.2, 0.25) is 0 Å². The molecular formula is C12H13NO2. The second-order valence-electron chi connectivity index (χ2n) is 4.06. The molecule has 0 bridgehead atoms. The van der Waals surface area contributed by atoms with Crippen molar-refractivity contribution in [1.29, 1.82) is 0 Å². The monoisotopic (exact) mass is 203 g/mol. The van der Waals surface area contributed by atoms with Gasteiger partial charge in [-0.1, -0.05) is 24.3 Å². The summed E-state index contributed by atoms with van der Waals surface area (Å²) >= 11 is 0. The van der Waals surface area contributed by atoms with Crippen LogP contribution < -0.4 is 0 Å². The molecule has 2 aliphatic rings. The maximum Gasteiger partial charge on any atom is 0.410 e. The zero-order valence-electron chi connectivity index (χ0n) is 8.48. The first-order valence-corrected chi connectivity index (χ1v) is 5.37. The molecule has 0 radical (unpaired) electrons. The van der Waals surface area contributed by atoms with Crippen LogP contribution in [0.3, 0.4) is 0 Å². The van der Waals surface area contributed by atoms with E-state index in [0.717, 1.165) is 19.4 Å². The number of amides is 1. The van der Waals surface area contributed by atoms with Crippen molar-refractivity contribution < 1.29 is 9.53 Å². The molecule has 0 aromatic heterocycles. The third kappa shape index (κ3) is 1.30.